The van der Waals surface area contributed by atoms with Crippen LogP contribution in [0.25, 0.3) is 0 Å². The molecular formula is C15H16O4. The fourth-order valence-corrected chi connectivity index (χ4v) is 2.07. The minimum Gasteiger partial charge on any atom is -0.490 e. The SMILES string of the molecule is CCC1=C(OC)C(=O)C(CC(=O)c2ccccc2)O1. The highest BCUT2D eigenvalue weighted by molar-refractivity contribution is 6.05. The lowest BCUT2D eigenvalue weighted by molar-refractivity contribution is -0.123. The van der Waals surface area contributed by atoms with Gasteiger partial charge in [-0.25, -0.2) is 0 Å². The Hall–Kier alpha value is -2.10. The Kier molecular flexibility index (Phi) is 4.00. The second-order valence-electron chi connectivity index (χ2n) is 4.27. The summed E-state index contributed by atoms with van der Waals surface area (Å²) in [4.78, 5) is 24.1. The number of ether oxygens (including phenoxy) is 2. The molecule has 0 aliphatic carbocycles. The molecule has 0 saturated heterocycles. The van der Waals surface area contributed by atoms with E-state index in [0.717, 1.165) is 0 Å². The lowest BCUT2D eigenvalue weighted by atomic mass is 10.0. The predicted octanol–water partition coefficient (Wildman–Crippen LogP) is 2.50. The molecule has 0 radical (unpaired) electrons. The molecule has 0 N–H and O–H groups in total. The zero-order valence-electron chi connectivity index (χ0n) is 11.0. The molecule has 4 nitrogen and oxygen atoms in total. The van der Waals surface area contributed by atoms with Gasteiger partial charge in [0.15, 0.2) is 11.9 Å². The smallest absolute Gasteiger partial charge is 0.241 e. The maximum Gasteiger partial charge on any atom is 0.241 e. The zero-order chi connectivity index (χ0) is 13.8. The van der Waals surface area contributed by atoms with Crippen molar-refractivity contribution in [1.82, 2.24) is 0 Å². The third-order valence-corrected chi connectivity index (χ3v) is 3.05. The number of hydrogen-bond acceptors (Lipinski definition) is 4. The summed E-state index contributed by atoms with van der Waals surface area (Å²) in [5.74, 6) is 0.419. The molecule has 0 spiro atoms. The standard InChI is InChI=1S/C15H16O4/c1-3-12-15(18-2)14(17)13(19-12)9-11(16)10-7-5-4-6-8-10/h4-8,13H,3,9H2,1-2H3. The van der Waals surface area contributed by atoms with Crippen LogP contribution in [0.15, 0.2) is 41.9 Å². The molecule has 0 fully saturated rings. The molecule has 0 aromatic heterocycles. The lowest BCUT2D eigenvalue weighted by Gasteiger charge is -2.09. The highest BCUT2D eigenvalue weighted by Gasteiger charge is 2.36. The number of carbonyl (C=O) groups is 2. The Morgan fingerprint density at radius 1 is 1.32 bits per heavy atom. The minimum atomic E-state index is -0.752. The van der Waals surface area contributed by atoms with Crippen molar-refractivity contribution in [2.75, 3.05) is 7.11 Å². The molecule has 2 rings (SSSR count). The first-order chi connectivity index (χ1) is 9.17. The van der Waals surface area contributed by atoms with Crippen LogP contribution in [0.4, 0.5) is 0 Å². The van der Waals surface area contributed by atoms with E-state index in [1.165, 1.54) is 7.11 Å². The van der Waals surface area contributed by atoms with Crippen LogP contribution in [-0.2, 0) is 14.3 Å². The van der Waals surface area contributed by atoms with Gasteiger partial charge in [0.05, 0.1) is 13.5 Å². The Labute approximate surface area is 112 Å². The summed E-state index contributed by atoms with van der Waals surface area (Å²) >= 11 is 0. The average molecular weight is 260 g/mol. The van der Waals surface area contributed by atoms with Gasteiger partial charge in [0.25, 0.3) is 0 Å². The van der Waals surface area contributed by atoms with E-state index in [-0.39, 0.29) is 23.7 Å². The largest absolute Gasteiger partial charge is 0.490 e. The number of hydrogen-bond donors (Lipinski definition) is 0. The molecule has 1 aliphatic heterocycles. The number of allylic oxidation sites excluding steroid dienone is 1. The normalized spacial score (nSPS) is 18.4. The van der Waals surface area contributed by atoms with E-state index in [0.29, 0.717) is 17.7 Å². The summed E-state index contributed by atoms with van der Waals surface area (Å²) in [5, 5.41) is 0. The number of rotatable bonds is 5. The molecule has 1 atom stereocenters. The minimum absolute atomic E-state index is 0.0409. The van der Waals surface area contributed by atoms with Gasteiger partial charge in [-0.05, 0) is 0 Å². The molecule has 1 unspecified atom stereocenters. The number of carbonyl (C=O) groups excluding carboxylic acids is 2. The lowest BCUT2D eigenvalue weighted by Crippen LogP contribution is -2.22. The fraction of sp³-hybridized carbons (Fsp3) is 0.333. The molecule has 100 valence electrons. The number of methoxy groups -OCH3 is 1. The van der Waals surface area contributed by atoms with E-state index in [1.54, 1.807) is 24.3 Å². The molecule has 19 heavy (non-hydrogen) atoms. The molecule has 0 bridgehead atoms. The molecule has 1 aliphatic rings. The Morgan fingerprint density at radius 3 is 2.53 bits per heavy atom. The molecule has 0 saturated carbocycles. The van der Waals surface area contributed by atoms with Crippen LogP contribution >= 0.6 is 0 Å². The quantitative estimate of drug-likeness (QED) is 0.763. The van der Waals surface area contributed by atoms with Crippen LogP contribution in [-0.4, -0.2) is 24.8 Å². The van der Waals surface area contributed by atoms with Crippen LogP contribution in [0.2, 0.25) is 0 Å². The van der Waals surface area contributed by atoms with Crippen molar-refractivity contribution in [3.8, 4) is 0 Å². The molecule has 0 amide bonds. The topological polar surface area (TPSA) is 52.6 Å². The van der Waals surface area contributed by atoms with Gasteiger partial charge >= 0.3 is 0 Å². The molecular weight excluding hydrogens is 244 g/mol. The Balaban J connectivity index is 2.07. The highest BCUT2D eigenvalue weighted by Crippen LogP contribution is 2.27. The summed E-state index contributed by atoms with van der Waals surface area (Å²) < 4.78 is 10.5. The van der Waals surface area contributed by atoms with Crippen molar-refractivity contribution in [2.45, 2.75) is 25.9 Å². The van der Waals surface area contributed by atoms with Crippen LogP contribution < -0.4 is 0 Å². The van der Waals surface area contributed by atoms with Crippen molar-refractivity contribution < 1.29 is 19.1 Å². The van der Waals surface area contributed by atoms with Crippen molar-refractivity contribution in [2.24, 2.45) is 0 Å². The Bertz CT molecular complexity index is 516. The number of benzene rings is 1. The van der Waals surface area contributed by atoms with Gasteiger partial charge in [-0.3, -0.25) is 9.59 Å². The Morgan fingerprint density at radius 2 is 2.00 bits per heavy atom. The van der Waals surface area contributed by atoms with Gasteiger partial charge in [-0.2, -0.15) is 0 Å². The van der Waals surface area contributed by atoms with Crippen LogP contribution in [0, 0.1) is 0 Å². The van der Waals surface area contributed by atoms with E-state index in [4.69, 9.17) is 9.47 Å². The third kappa shape index (κ3) is 2.67. The molecule has 1 heterocycles. The summed E-state index contributed by atoms with van der Waals surface area (Å²) in [5.41, 5.74) is 0.586. The van der Waals surface area contributed by atoms with Gasteiger partial charge in [0, 0.05) is 12.0 Å². The summed E-state index contributed by atoms with van der Waals surface area (Å²) in [6.07, 6.45) is -0.137. The zero-order valence-corrected chi connectivity index (χ0v) is 11.0. The van der Waals surface area contributed by atoms with E-state index in [1.807, 2.05) is 13.0 Å². The number of Topliss-reactive ketones (excluding diaryl/α,β-unsaturated/α-hetero) is 2. The van der Waals surface area contributed by atoms with Crippen molar-refractivity contribution >= 4 is 11.6 Å². The summed E-state index contributed by atoms with van der Waals surface area (Å²) in [6.45, 7) is 1.88. The van der Waals surface area contributed by atoms with E-state index in [9.17, 15) is 9.59 Å². The monoisotopic (exact) mass is 260 g/mol. The van der Waals surface area contributed by atoms with Crippen LogP contribution in [0.3, 0.4) is 0 Å². The van der Waals surface area contributed by atoms with Crippen LogP contribution in [0.1, 0.15) is 30.1 Å². The van der Waals surface area contributed by atoms with E-state index in [2.05, 4.69) is 0 Å². The summed E-state index contributed by atoms with van der Waals surface area (Å²) in [7, 11) is 1.44. The molecule has 1 aromatic rings. The first kappa shape index (κ1) is 13.3. The summed E-state index contributed by atoms with van der Waals surface area (Å²) in [6, 6.07) is 8.88. The second kappa shape index (κ2) is 5.69. The maximum absolute atomic E-state index is 12.0. The molecule has 1 aromatic carbocycles. The van der Waals surface area contributed by atoms with Crippen LogP contribution in [0.5, 0.6) is 0 Å². The van der Waals surface area contributed by atoms with E-state index >= 15 is 0 Å². The maximum atomic E-state index is 12.0. The molecule has 4 heteroatoms. The van der Waals surface area contributed by atoms with Gasteiger partial charge in [-0.1, -0.05) is 37.3 Å². The first-order valence-electron chi connectivity index (χ1n) is 6.23. The van der Waals surface area contributed by atoms with Gasteiger partial charge < -0.3 is 9.47 Å². The van der Waals surface area contributed by atoms with Crippen molar-refractivity contribution in [1.29, 1.82) is 0 Å². The second-order valence-corrected chi connectivity index (χ2v) is 4.27. The third-order valence-electron chi connectivity index (χ3n) is 3.05. The average Bonchev–Trinajstić information content (AvgIpc) is 2.75. The van der Waals surface area contributed by atoms with Gasteiger partial charge in [0.1, 0.15) is 5.76 Å². The first-order valence-corrected chi connectivity index (χ1v) is 6.23. The van der Waals surface area contributed by atoms with Crippen molar-refractivity contribution in [3.05, 3.63) is 47.4 Å². The van der Waals surface area contributed by atoms with E-state index < -0.39 is 6.10 Å². The van der Waals surface area contributed by atoms with Gasteiger partial charge in [0.2, 0.25) is 11.5 Å². The predicted molar refractivity (Wildman–Crippen MR) is 69.6 cm³/mol. The number of ketones is 2. The highest BCUT2D eigenvalue weighted by atomic mass is 16.5. The fourth-order valence-electron chi connectivity index (χ4n) is 2.07. The van der Waals surface area contributed by atoms with Crippen molar-refractivity contribution in [3.63, 3.8) is 0 Å². The van der Waals surface area contributed by atoms with Gasteiger partial charge in [-0.15, -0.1) is 0 Å².